The molecule has 0 atom stereocenters. The van der Waals surface area contributed by atoms with Crippen molar-refractivity contribution in [3.63, 3.8) is 0 Å². The first kappa shape index (κ1) is 13.1. The maximum Gasteiger partial charge on any atom is 0.338 e. The molecule has 2 aromatic carbocycles. The number of hydrogen-bond donors (Lipinski definition) is 2. The minimum Gasteiger partial charge on any atom is -0.497 e. The number of H-pyrrole nitrogens is 1. The van der Waals surface area contributed by atoms with Gasteiger partial charge in [-0.25, -0.2) is 14.2 Å². The van der Waals surface area contributed by atoms with E-state index < -0.39 is 11.8 Å². The number of ether oxygens (including phenoxy) is 1. The Balaban J connectivity index is 2.16. The van der Waals surface area contributed by atoms with Crippen molar-refractivity contribution in [1.29, 1.82) is 0 Å². The van der Waals surface area contributed by atoms with Crippen LogP contribution in [0.5, 0.6) is 5.75 Å². The van der Waals surface area contributed by atoms with Crippen LogP contribution in [0.2, 0.25) is 0 Å². The second-order valence-corrected chi connectivity index (χ2v) is 4.47. The summed E-state index contributed by atoms with van der Waals surface area (Å²) in [5.74, 6) is -0.662. The molecule has 0 aliphatic rings. The lowest BCUT2D eigenvalue weighted by Gasteiger charge is -2.00. The van der Waals surface area contributed by atoms with E-state index in [2.05, 4.69) is 9.97 Å². The average Bonchev–Trinajstić information content (AvgIpc) is 2.90. The Morgan fingerprint density at radius 1 is 1.29 bits per heavy atom. The van der Waals surface area contributed by atoms with E-state index in [9.17, 15) is 9.18 Å². The molecular weight excluding hydrogens is 275 g/mol. The summed E-state index contributed by atoms with van der Waals surface area (Å²) in [5.41, 5.74) is 1.16. The van der Waals surface area contributed by atoms with Crippen LogP contribution in [0, 0.1) is 5.82 Å². The van der Waals surface area contributed by atoms with E-state index in [0.717, 1.165) is 11.6 Å². The van der Waals surface area contributed by atoms with Crippen LogP contribution in [0.3, 0.4) is 0 Å². The maximum atomic E-state index is 13.4. The summed E-state index contributed by atoms with van der Waals surface area (Å²) in [6.07, 6.45) is 0. The zero-order valence-corrected chi connectivity index (χ0v) is 11.1. The third kappa shape index (κ3) is 2.31. The Labute approximate surface area is 119 Å². The smallest absolute Gasteiger partial charge is 0.338 e. The van der Waals surface area contributed by atoms with Crippen LogP contribution in [-0.2, 0) is 0 Å². The van der Waals surface area contributed by atoms with Gasteiger partial charge in [-0.05, 0) is 36.4 Å². The first-order valence-electron chi connectivity index (χ1n) is 6.15. The number of rotatable bonds is 3. The van der Waals surface area contributed by atoms with Gasteiger partial charge in [0.2, 0.25) is 0 Å². The van der Waals surface area contributed by atoms with Crippen molar-refractivity contribution < 1.29 is 19.0 Å². The highest BCUT2D eigenvalue weighted by Gasteiger charge is 2.15. The van der Waals surface area contributed by atoms with Crippen LogP contribution in [0.4, 0.5) is 4.39 Å². The van der Waals surface area contributed by atoms with E-state index >= 15 is 0 Å². The number of nitrogens with zero attached hydrogens (tertiary/aromatic N) is 1. The number of hydrogen-bond acceptors (Lipinski definition) is 3. The van der Waals surface area contributed by atoms with Crippen LogP contribution >= 0.6 is 0 Å². The molecule has 1 aromatic heterocycles. The molecule has 6 heteroatoms. The second-order valence-electron chi connectivity index (χ2n) is 4.47. The van der Waals surface area contributed by atoms with Crippen molar-refractivity contribution >= 4 is 17.0 Å². The van der Waals surface area contributed by atoms with Crippen LogP contribution in [0.25, 0.3) is 22.4 Å². The lowest BCUT2D eigenvalue weighted by molar-refractivity contribution is 0.0698. The largest absolute Gasteiger partial charge is 0.497 e. The minimum absolute atomic E-state index is 0.166. The molecular formula is C15H11FN2O3. The van der Waals surface area contributed by atoms with Crippen molar-refractivity contribution in [3.8, 4) is 17.1 Å². The predicted octanol–water partition coefficient (Wildman–Crippen LogP) is 3.08. The minimum atomic E-state index is -1.22. The van der Waals surface area contributed by atoms with Crippen LogP contribution in [0.1, 0.15) is 10.4 Å². The summed E-state index contributed by atoms with van der Waals surface area (Å²) in [7, 11) is 1.57. The third-order valence-electron chi connectivity index (χ3n) is 3.15. The van der Waals surface area contributed by atoms with E-state index in [4.69, 9.17) is 9.84 Å². The van der Waals surface area contributed by atoms with E-state index in [1.165, 1.54) is 6.07 Å². The highest BCUT2D eigenvalue weighted by molar-refractivity contribution is 6.01. The van der Waals surface area contributed by atoms with E-state index in [0.29, 0.717) is 17.1 Å². The normalized spacial score (nSPS) is 10.8. The quantitative estimate of drug-likeness (QED) is 0.776. The SMILES string of the molecule is COc1ccc(-c2nc3c(C(=O)O)cc(F)cc3[nH]2)cc1. The van der Waals surface area contributed by atoms with Gasteiger partial charge in [-0.2, -0.15) is 0 Å². The molecule has 0 unspecified atom stereocenters. The molecule has 0 fully saturated rings. The highest BCUT2D eigenvalue weighted by atomic mass is 19.1. The lowest BCUT2D eigenvalue weighted by Crippen LogP contribution is -1.98. The van der Waals surface area contributed by atoms with Gasteiger partial charge in [-0.15, -0.1) is 0 Å². The summed E-state index contributed by atoms with van der Waals surface area (Å²) < 4.78 is 18.5. The molecule has 0 aliphatic heterocycles. The number of aromatic carboxylic acids is 1. The van der Waals surface area contributed by atoms with E-state index in [-0.39, 0.29) is 11.1 Å². The Hall–Kier alpha value is -2.89. The molecule has 3 aromatic rings. The van der Waals surface area contributed by atoms with Crippen molar-refractivity contribution in [3.05, 3.63) is 47.8 Å². The molecule has 2 N–H and O–H groups in total. The van der Waals surface area contributed by atoms with E-state index in [1.807, 2.05) is 0 Å². The fourth-order valence-corrected chi connectivity index (χ4v) is 2.13. The zero-order chi connectivity index (χ0) is 15.0. The van der Waals surface area contributed by atoms with E-state index in [1.54, 1.807) is 31.4 Å². The summed E-state index contributed by atoms with van der Waals surface area (Å²) >= 11 is 0. The van der Waals surface area contributed by atoms with Gasteiger partial charge in [0.1, 0.15) is 22.9 Å². The Morgan fingerprint density at radius 3 is 2.62 bits per heavy atom. The van der Waals surface area contributed by atoms with Gasteiger partial charge in [0.15, 0.2) is 0 Å². The van der Waals surface area contributed by atoms with Gasteiger partial charge in [0.25, 0.3) is 0 Å². The summed E-state index contributed by atoms with van der Waals surface area (Å²) in [6, 6.07) is 9.29. The molecule has 1 heterocycles. The molecule has 5 nitrogen and oxygen atoms in total. The topological polar surface area (TPSA) is 75.2 Å². The highest BCUT2D eigenvalue weighted by Crippen LogP contribution is 2.25. The summed E-state index contributed by atoms with van der Waals surface area (Å²) in [5, 5.41) is 9.12. The Kier molecular flexibility index (Phi) is 3.06. The number of aromatic nitrogens is 2. The number of methoxy groups -OCH3 is 1. The van der Waals surface area contributed by atoms with Gasteiger partial charge >= 0.3 is 5.97 Å². The Bertz CT molecular complexity index is 825. The number of carboxylic acid groups (broad SMARTS) is 1. The van der Waals surface area contributed by atoms with Crippen molar-refractivity contribution in [2.45, 2.75) is 0 Å². The van der Waals surface area contributed by atoms with Gasteiger partial charge < -0.3 is 14.8 Å². The number of carboxylic acids is 1. The van der Waals surface area contributed by atoms with Crippen molar-refractivity contribution in [2.24, 2.45) is 0 Å². The standard InChI is InChI=1S/C15H11FN2O3/c1-21-10-4-2-8(3-5-10)14-17-12-7-9(16)6-11(15(19)20)13(12)18-14/h2-7H,1H3,(H,17,18)(H,19,20). The molecule has 0 bridgehead atoms. The van der Waals surface area contributed by atoms with Crippen LogP contribution in [0.15, 0.2) is 36.4 Å². The molecule has 0 amide bonds. The molecule has 0 saturated heterocycles. The molecule has 0 saturated carbocycles. The van der Waals surface area contributed by atoms with Gasteiger partial charge in [0.05, 0.1) is 18.2 Å². The average molecular weight is 286 g/mol. The van der Waals surface area contributed by atoms with Crippen LogP contribution < -0.4 is 4.74 Å². The van der Waals surface area contributed by atoms with Gasteiger partial charge in [-0.1, -0.05) is 0 Å². The molecule has 21 heavy (non-hydrogen) atoms. The monoisotopic (exact) mass is 286 g/mol. The summed E-state index contributed by atoms with van der Waals surface area (Å²) in [4.78, 5) is 18.3. The number of halogens is 1. The van der Waals surface area contributed by atoms with Gasteiger partial charge in [0, 0.05) is 5.56 Å². The number of aromatic amines is 1. The number of nitrogens with one attached hydrogen (secondary N) is 1. The number of fused-ring (bicyclic) bond motifs is 1. The van der Waals surface area contributed by atoms with Crippen molar-refractivity contribution in [2.75, 3.05) is 7.11 Å². The number of carbonyl (C=O) groups is 1. The van der Waals surface area contributed by atoms with Crippen LogP contribution in [-0.4, -0.2) is 28.2 Å². The number of imidazole rings is 1. The fraction of sp³-hybridized carbons (Fsp3) is 0.0667. The molecule has 106 valence electrons. The maximum absolute atomic E-state index is 13.4. The third-order valence-corrected chi connectivity index (χ3v) is 3.15. The second kappa shape index (κ2) is 4.90. The molecule has 0 aliphatic carbocycles. The molecule has 0 radical (unpaired) electrons. The number of benzene rings is 2. The first-order chi connectivity index (χ1) is 10.1. The molecule has 0 spiro atoms. The summed E-state index contributed by atoms with van der Waals surface area (Å²) in [6.45, 7) is 0. The van der Waals surface area contributed by atoms with Crippen molar-refractivity contribution in [1.82, 2.24) is 9.97 Å². The fourth-order valence-electron chi connectivity index (χ4n) is 2.13. The lowest BCUT2D eigenvalue weighted by atomic mass is 10.2. The predicted molar refractivity (Wildman–Crippen MR) is 75.0 cm³/mol. The zero-order valence-electron chi connectivity index (χ0n) is 11.1. The first-order valence-corrected chi connectivity index (χ1v) is 6.15. The van der Waals surface area contributed by atoms with Gasteiger partial charge in [-0.3, -0.25) is 0 Å². The molecule has 3 rings (SSSR count). The Morgan fingerprint density at radius 2 is 2.00 bits per heavy atom.